The summed E-state index contributed by atoms with van der Waals surface area (Å²) < 4.78 is 17.7. The van der Waals surface area contributed by atoms with Gasteiger partial charge in [0.15, 0.2) is 17.1 Å². The molecule has 222 valence electrons. The van der Waals surface area contributed by atoms with E-state index in [0.717, 1.165) is 5.56 Å². The van der Waals surface area contributed by atoms with Crippen LogP contribution in [0, 0.1) is 17.2 Å². The number of alkyl carbamates (subject to hydrolysis) is 1. The van der Waals surface area contributed by atoms with Crippen LogP contribution in [0.15, 0.2) is 52.9 Å². The standard InChI is InChI=1S/C31H37N5O6/c1-18(2)25-27-34-23(15-32)26(41-27)22(16-37)21-13-20(11-12-24(21)40-17-19-9-7-6-8-10-19)14-31(33,28(38)35-25)36-29(39)42-30(3,4)5/h6-13,18,22,25,37H,14,16-17,33H2,1-5H3,(H,35,38)(H,36,39)/t22-,25-,31-/m0/s1. The summed E-state index contributed by atoms with van der Waals surface area (Å²) in [6.07, 6.45) is -0.986. The molecule has 4 rings (SSSR count). The highest BCUT2D eigenvalue weighted by molar-refractivity contribution is 5.90. The second kappa shape index (κ2) is 12.2. The maximum Gasteiger partial charge on any atom is 0.409 e. The van der Waals surface area contributed by atoms with Gasteiger partial charge in [0, 0.05) is 12.0 Å². The number of nitriles is 1. The molecule has 2 amide bonds. The minimum atomic E-state index is -1.94. The summed E-state index contributed by atoms with van der Waals surface area (Å²) in [4.78, 5) is 31.0. The van der Waals surface area contributed by atoms with Crippen molar-refractivity contribution >= 4 is 12.0 Å². The average Bonchev–Trinajstić information content (AvgIpc) is 3.34. The predicted octanol–water partition coefficient (Wildman–Crippen LogP) is 3.80. The molecule has 4 bridgehead atoms. The Hall–Kier alpha value is -4.40. The fraction of sp³-hybridized carbons (Fsp3) is 0.419. The van der Waals surface area contributed by atoms with Crippen LogP contribution in [0.1, 0.15) is 80.6 Å². The number of fused-ring (bicyclic) bond motifs is 4. The largest absolute Gasteiger partial charge is 0.489 e. The van der Waals surface area contributed by atoms with Crippen molar-refractivity contribution in [2.45, 2.75) is 70.9 Å². The Labute approximate surface area is 245 Å². The highest BCUT2D eigenvalue weighted by Crippen LogP contribution is 2.37. The van der Waals surface area contributed by atoms with Gasteiger partial charge in [-0.1, -0.05) is 56.3 Å². The zero-order valence-electron chi connectivity index (χ0n) is 24.4. The maximum absolute atomic E-state index is 13.8. The van der Waals surface area contributed by atoms with E-state index in [1.165, 1.54) is 0 Å². The molecule has 0 radical (unpaired) electrons. The minimum absolute atomic E-state index is 0.0199. The van der Waals surface area contributed by atoms with Crippen molar-refractivity contribution in [2.75, 3.05) is 6.61 Å². The molecular formula is C31H37N5O6. The van der Waals surface area contributed by atoms with E-state index in [0.29, 0.717) is 16.9 Å². The van der Waals surface area contributed by atoms with E-state index in [-0.39, 0.29) is 36.3 Å². The SMILES string of the molecule is CC(C)[C@@H]1NC(=O)[C@@](N)(NC(=O)OC(C)(C)C)Cc2ccc(OCc3ccccc3)c(c2)[C@H](CO)c2oc1nc2C#N. The molecule has 5 N–H and O–H groups in total. The van der Waals surface area contributed by atoms with Gasteiger partial charge in [-0.25, -0.2) is 9.78 Å². The fourth-order valence-electron chi connectivity index (χ4n) is 4.74. The third kappa shape index (κ3) is 6.90. The lowest BCUT2D eigenvalue weighted by Gasteiger charge is -2.33. The highest BCUT2D eigenvalue weighted by Gasteiger charge is 2.41. The number of ether oxygens (including phenoxy) is 2. The molecule has 0 saturated carbocycles. The molecule has 3 atom stereocenters. The number of nitrogens with zero attached hydrogens (tertiary/aromatic N) is 2. The van der Waals surface area contributed by atoms with Crippen LogP contribution in [0.4, 0.5) is 4.79 Å². The molecule has 0 fully saturated rings. The van der Waals surface area contributed by atoms with Gasteiger partial charge >= 0.3 is 6.09 Å². The zero-order valence-corrected chi connectivity index (χ0v) is 24.4. The first-order valence-corrected chi connectivity index (χ1v) is 13.8. The van der Waals surface area contributed by atoms with E-state index >= 15 is 0 Å². The second-order valence-electron chi connectivity index (χ2n) is 11.7. The van der Waals surface area contributed by atoms with Crippen LogP contribution >= 0.6 is 0 Å². The van der Waals surface area contributed by atoms with Gasteiger partial charge in [-0.3, -0.25) is 10.1 Å². The molecule has 2 heterocycles. The number of carbonyl (C=O) groups excluding carboxylic acids is 2. The number of amides is 2. The first-order valence-electron chi connectivity index (χ1n) is 13.8. The number of nitrogens with two attached hydrogens (primary N) is 1. The number of carbonyl (C=O) groups is 2. The Balaban J connectivity index is 1.86. The van der Waals surface area contributed by atoms with Gasteiger partial charge in [-0.2, -0.15) is 5.26 Å². The Morgan fingerprint density at radius 3 is 2.62 bits per heavy atom. The summed E-state index contributed by atoms with van der Waals surface area (Å²) >= 11 is 0. The van der Waals surface area contributed by atoms with Crippen molar-refractivity contribution in [1.82, 2.24) is 15.6 Å². The number of oxazole rings is 1. The summed E-state index contributed by atoms with van der Waals surface area (Å²) in [7, 11) is 0. The molecule has 1 aromatic heterocycles. The van der Waals surface area contributed by atoms with Crippen molar-refractivity contribution < 1.29 is 28.6 Å². The van der Waals surface area contributed by atoms with E-state index in [1.54, 1.807) is 39.0 Å². The molecule has 3 aromatic rings. The van der Waals surface area contributed by atoms with Crippen molar-refractivity contribution in [3.05, 3.63) is 82.6 Å². The van der Waals surface area contributed by atoms with Crippen LogP contribution < -0.4 is 21.1 Å². The minimum Gasteiger partial charge on any atom is -0.489 e. The Morgan fingerprint density at radius 1 is 1.29 bits per heavy atom. The van der Waals surface area contributed by atoms with Crippen LogP contribution in [0.3, 0.4) is 0 Å². The third-order valence-corrected chi connectivity index (χ3v) is 6.79. The molecule has 2 aromatic carbocycles. The van der Waals surface area contributed by atoms with Gasteiger partial charge < -0.3 is 30.0 Å². The summed E-state index contributed by atoms with van der Waals surface area (Å²) in [5.41, 5.74) is 5.85. The number of aromatic nitrogens is 1. The van der Waals surface area contributed by atoms with Gasteiger partial charge in [0.05, 0.1) is 12.5 Å². The number of aliphatic hydroxyl groups is 1. The average molecular weight is 576 g/mol. The number of rotatable bonds is 6. The molecule has 1 aliphatic heterocycles. The maximum atomic E-state index is 13.8. The van der Waals surface area contributed by atoms with Gasteiger partial charge in [0.1, 0.15) is 30.1 Å². The molecule has 11 heteroatoms. The second-order valence-corrected chi connectivity index (χ2v) is 11.7. The number of hydrogen-bond donors (Lipinski definition) is 4. The quantitative estimate of drug-likeness (QED) is 0.319. The zero-order chi connectivity index (χ0) is 30.7. The lowest BCUT2D eigenvalue weighted by Crippen LogP contribution is -2.67. The Kier molecular flexibility index (Phi) is 8.89. The van der Waals surface area contributed by atoms with Crippen molar-refractivity contribution in [2.24, 2.45) is 11.7 Å². The van der Waals surface area contributed by atoms with Crippen LogP contribution in [0.5, 0.6) is 5.75 Å². The Bertz CT molecular complexity index is 1470. The number of nitrogens with one attached hydrogen (secondary N) is 2. The normalized spacial score (nSPS) is 20.5. The molecule has 0 unspecified atom stereocenters. The smallest absolute Gasteiger partial charge is 0.409 e. The molecule has 1 aliphatic rings. The first kappa shape index (κ1) is 30.6. The molecule has 0 spiro atoms. The van der Waals surface area contributed by atoms with E-state index in [9.17, 15) is 20.0 Å². The van der Waals surface area contributed by atoms with Crippen LogP contribution in [0.2, 0.25) is 0 Å². The first-order chi connectivity index (χ1) is 19.8. The van der Waals surface area contributed by atoms with E-state index in [4.69, 9.17) is 19.6 Å². The molecule has 42 heavy (non-hydrogen) atoms. The van der Waals surface area contributed by atoms with E-state index in [2.05, 4.69) is 21.7 Å². The van der Waals surface area contributed by atoms with E-state index in [1.807, 2.05) is 44.2 Å². The van der Waals surface area contributed by atoms with Gasteiger partial charge in [-0.05, 0) is 43.9 Å². The van der Waals surface area contributed by atoms with Crippen LogP contribution in [0.25, 0.3) is 0 Å². The van der Waals surface area contributed by atoms with Crippen molar-refractivity contribution in [1.29, 1.82) is 5.26 Å². The monoisotopic (exact) mass is 575 g/mol. The van der Waals surface area contributed by atoms with Crippen LogP contribution in [-0.2, 0) is 22.6 Å². The van der Waals surface area contributed by atoms with E-state index < -0.39 is 41.8 Å². The number of benzene rings is 2. The molecular weight excluding hydrogens is 538 g/mol. The summed E-state index contributed by atoms with van der Waals surface area (Å²) in [6, 6.07) is 16.0. The number of aliphatic hydroxyl groups excluding tert-OH is 1. The third-order valence-electron chi connectivity index (χ3n) is 6.79. The van der Waals surface area contributed by atoms with Gasteiger partial charge in [-0.15, -0.1) is 0 Å². The summed E-state index contributed by atoms with van der Waals surface area (Å²) in [6.45, 7) is 8.62. The topological polar surface area (TPSA) is 173 Å². The van der Waals surface area contributed by atoms with Crippen LogP contribution in [-0.4, -0.2) is 40.0 Å². The summed E-state index contributed by atoms with van der Waals surface area (Å²) in [5, 5.41) is 25.9. The lowest BCUT2D eigenvalue weighted by atomic mass is 9.90. The molecule has 0 aliphatic carbocycles. The van der Waals surface area contributed by atoms with Gasteiger partial charge in [0.25, 0.3) is 5.91 Å². The number of hydrogen-bond acceptors (Lipinski definition) is 9. The van der Waals surface area contributed by atoms with Crippen molar-refractivity contribution in [3.8, 4) is 11.8 Å². The Morgan fingerprint density at radius 2 is 2.00 bits per heavy atom. The van der Waals surface area contributed by atoms with Gasteiger partial charge in [0.2, 0.25) is 5.89 Å². The highest BCUT2D eigenvalue weighted by atomic mass is 16.6. The van der Waals surface area contributed by atoms with Crippen molar-refractivity contribution in [3.63, 3.8) is 0 Å². The molecule has 0 saturated heterocycles. The fourth-order valence-corrected chi connectivity index (χ4v) is 4.74. The summed E-state index contributed by atoms with van der Waals surface area (Å²) in [5.74, 6) is -1.09. The lowest BCUT2D eigenvalue weighted by molar-refractivity contribution is -0.129. The predicted molar refractivity (Wildman–Crippen MR) is 153 cm³/mol. The molecule has 11 nitrogen and oxygen atoms in total.